The number of ketones is 1. The maximum Gasteiger partial charge on any atom is 0.301 e. The van der Waals surface area contributed by atoms with E-state index in [1.54, 1.807) is 30.3 Å². The van der Waals surface area contributed by atoms with Gasteiger partial charge in [-0.05, 0) is 23.0 Å². The Hall–Kier alpha value is -2.16. The first-order chi connectivity index (χ1) is 10.9. The Kier molecular flexibility index (Phi) is 5.54. The molecule has 1 unspecified atom stereocenters. The molecule has 0 N–H and O–H groups in total. The number of hydrogen-bond donors (Lipinski definition) is 0. The molecule has 0 amide bonds. The molecule has 23 heavy (non-hydrogen) atoms. The molecule has 2 nitrogen and oxygen atoms in total. The molecule has 2 aromatic rings. The van der Waals surface area contributed by atoms with Crippen LogP contribution in [0.15, 0.2) is 48.5 Å². The second-order valence-electron chi connectivity index (χ2n) is 6.24. The zero-order chi connectivity index (χ0) is 17.0. The van der Waals surface area contributed by atoms with E-state index in [1.807, 2.05) is 45.9 Å². The van der Waals surface area contributed by atoms with Crippen molar-refractivity contribution in [2.24, 2.45) is 0 Å². The first kappa shape index (κ1) is 17.2. The summed E-state index contributed by atoms with van der Waals surface area (Å²) in [7, 11) is 0. The number of carbonyl (C=O) groups is 1. The highest BCUT2D eigenvalue weighted by Crippen LogP contribution is 2.35. The minimum absolute atomic E-state index is 0.183. The van der Waals surface area contributed by atoms with E-state index in [4.69, 9.17) is 4.74 Å². The van der Waals surface area contributed by atoms with Crippen molar-refractivity contribution in [1.82, 2.24) is 0 Å². The lowest BCUT2D eigenvalue weighted by Crippen LogP contribution is -2.24. The highest BCUT2D eigenvalue weighted by Gasteiger charge is 2.24. The van der Waals surface area contributed by atoms with Crippen molar-refractivity contribution in [1.29, 1.82) is 0 Å². The van der Waals surface area contributed by atoms with Crippen LogP contribution in [0.5, 0.6) is 5.75 Å². The first-order valence-electron chi connectivity index (χ1n) is 7.94. The molecule has 0 fully saturated rings. The van der Waals surface area contributed by atoms with Crippen LogP contribution in [0.2, 0.25) is 0 Å². The molecule has 0 spiro atoms. The van der Waals surface area contributed by atoms with E-state index in [1.165, 1.54) is 0 Å². The van der Waals surface area contributed by atoms with Gasteiger partial charge in [-0.1, -0.05) is 76.2 Å². The highest BCUT2D eigenvalue weighted by atomic mass is 19.1. The van der Waals surface area contributed by atoms with Gasteiger partial charge < -0.3 is 4.74 Å². The largest absolute Gasteiger partial charge is 0.452 e. The minimum atomic E-state index is -2.00. The van der Waals surface area contributed by atoms with Crippen LogP contribution in [0.3, 0.4) is 0 Å². The van der Waals surface area contributed by atoms with Gasteiger partial charge in [0, 0.05) is 5.56 Å². The van der Waals surface area contributed by atoms with Crippen LogP contribution in [0.1, 0.15) is 61.0 Å². The minimum Gasteiger partial charge on any atom is -0.452 e. The van der Waals surface area contributed by atoms with Gasteiger partial charge in [0.05, 0.1) is 0 Å². The Morgan fingerprint density at radius 3 is 1.87 bits per heavy atom. The van der Waals surface area contributed by atoms with Gasteiger partial charge in [-0.25, -0.2) is 0 Å². The SMILES string of the molecule is CC(C)c1cccc(C(C)C)c1OC(F)C(=O)c1ccccc1. The van der Waals surface area contributed by atoms with Crippen molar-refractivity contribution in [3.63, 3.8) is 0 Å². The molecule has 0 aliphatic carbocycles. The van der Waals surface area contributed by atoms with Crippen molar-refractivity contribution in [3.05, 3.63) is 65.2 Å². The predicted octanol–water partition coefficient (Wildman–Crippen LogP) is 5.49. The lowest BCUT2D eigenvalue weighted by atomic mass is 9.94. The van der Waals surface area contributed by atoms with Crippen LogP contribution < -0.4 is 4.74 Å². The van der Waals surface area contributed by atoms with Gasteiger partial charge in [0.25, 0.3) is 0 Å². The Labute approximate surface area is 137 Å². The number of hydrogen-bond acceptors (Lipinski definition) is 2. The fraction of sp³-hybridized carbons (Fsp3) is 0.350. The maximum atomic E-state index is 14.5. The van der Waals surface area contributed by atoms with Crippen LogP contribution in [0.4, 0.5) is 4.39 Å². The lowest BCUT2D eigenvalue weighted by molar-refractivity contribution is 0.0441. The highest BCUT2D eigenvalue weighted by molar-refractivity contribution is 5.98. The second-order valence-corrected chi connectivity index (χ2v) is 6.24. The zero-order valence-electron chi connectivity index (χ0n) is 14.0. The molecular weight excluding hydrogens is 291 g/mol. The molecule has 0 aliphatic heterocycles. The molecule has 0 aromatic heterocycles. The molecular formula is C20H23FO2. The monoisotopic (exact) mass is 314 g/mol. The van der Waals surface area contributed by atoms with Crippen molar-refractivity contribution in [3.8, 4) is 5.75 Å². The number of carbonyl (C=O) groups excluding carboxylic acids is 1. The van der Waals surface area contributed by atoms with Crippen molar-refractivity contribution >= 4 is 5.78 Å². The third-order valence-corrected chi connectivity index (χ3v) is 3.81. The molecule has 1 atom stereocenters. The van der Waals surface area contributed by atoms with E-state index >= 15 is 0 Å². The van der Waals surface area contributed by atoms with E-state index < -0.39 is 12.1 Å². The molecule has 0 aliphatic rings. The Bertz CT molecular complexity index is 636. The van der Waals surface area contributed by atoms with Crippen LogP contribution in [0.25, 0.3) is 0 Å². The normalized spacial score (nSPS) is 12.5. The number of ether oxygens (including phenoxy) is 1. The van der Waals surface area contributed by atoms with Crippen molar-refractivity contribution in [2.75, 3.05) is 0 Å². The summed E-state index contributed by atoms with van der Waals surface area (Å²) >= 11 is 0. The Morgan fingerprint density at radius 1 is 0.870 bits per heavy atom. The van der Waals surface area contributed by atoms with E-state index in [2.05, 4.69) is 0 Å². The summed E-state index contributed by atoms with van der Waals surface area (Å²) in [4.78, 5) is 12.2. The standard InChI is InChI=1S/C20H23FO2/c1-13(2)16-11-8-12-17(14(3)4)19(16)23-20(21)18(22)15-9-6-5-7-10-15/h5-14,20H,1-4H3. The molecule has 2 rings (SSSR count). The number of alkyl halides is 1. The van der Waals surface area contributed by atoms with Crippen molar-refractivity contribution in [2.45, 2.75) is 45.9 Å². The van der Waals surface area contributed by atoms with Gasteiger partial charge in [-0.2, -0.15) is 4.39 Å². The van der Waals surface area contributed by atoms with Crippen LogP contribution in [-0.2, 0) is 0 Å². The second kappa shape index (κ2) is 7.40. The predicted molar refractivity (Wildman–Crippen MR) is 90.9 cm³/mol. The van der Waals surface area contributed by atoms with Gasteiger partial charge in [-0.15, -0.1) is 0 Å². The molecule has 0 saturated carbocycles. The van der Waals surface area contributed by atoms with Gasteiger partial charge in [-0.3, -0.25) is 4.79 Å². The van der Waals surface area contributed by atoms with Crippen LogP contribution in [-0.4, -0.2) is 12.1 Å². The smallest absolute Gasteiger partial charge is 0.301 e. The number of para-hydroxylation sites is 1. The lowest BCUT2D eigenvalue weighted by Gasteiger charge is -2.21. The average Bonchev–Trinajstić information content (AvgIpc) is 2.54. The Morgan fingerprint density at radius 2 is 1.39 bits per heavy atom. The fourth-order valence-electron chi connectivity index (χ4n) is 2.51. The molecule has 0 bridgehead atoms. The van der Waals surface area contributed by atoms with Crippen molar-refractivity contribution < 1.29 is 13.9 Å². The third-order valence-electron chi connectivity index (χ3n) is 3.81. The number of Topliss-reactive ketones (excluding diaryl/α,β-unsaturated/α-hetero) is 1. The average molecular weight is 314 g/mol. The van der Waals surface area contributed by atoms with E-state index in [9.17, 15) is 9.18 Å². The number of rotatable bonds is 6. The van der Waals surface area contributed by atoms with Gasteiger partial charge in [0.1, 0.15) is 5.75 Å². The summed E-state index contributed by atoms with van der Waals surface area (Å²) in [6.07, 6.45) is -2.00. The first-order valence-corrected chi connectivity index (χ1v) is 7.94. The summed E-state index contributed by atoms with van der Waals surface area (Å²) in [5, 5.41) is 0. The topological polar surface area (TPSA) is 26.3 Å². The van der Waals surface area contributed by atoms with Gasteiger partial charge in [0.2, 0.25) is 5.78 Å². The van der Waals surface area contributed by atoms with Crippen LogP contribution in [0, 0.1) is 0 Å². The molecule has 122 valence electrons. The van der Waals surface area contributed by atoms with E-state index in [-0.39, 0.29) is 11.8 Å². The summed E-state index contributed by atoms with van der Waals surface area (Å²) < 4.78 is 20.0. The van der Waals surface area contributed by atoms with Crippen LogP contribution >= 0.6 is 0 Å². The van der Waals surface area contributed by atoms with Gasteiger partial charge in [0.15, 0.2) is 0 Å². The molecule has 3 heteroatoms. The molecule has 0 heterocycles. The van der Waals surface area contributed by atoms with E-state index in [0.29, 0.717) is 11.3 Å². The number of benzene rings is 2. The summed E-state index contributed by atoms with van der Waals surface area (Å²) in [5.74, 6) is 0.207. The third kappa shape index (κ3) is 3.98. The molecule has 0 radical (unpaired) electrons. The zero-order valence-corrected chi connectivity index (χ0v) is 14.0. The summed E-state index contributed by atoms with van der Waals surface area (Å²) in [6, 6.07) is 14.2. The summed E-state index contributed by atoms with van der Waals surface area (Å²) in [6.45, 7) is 8.11. The quantitative estimate of drug-likeness (QED) is 0.659. The van der Waals surface area contributed by atoms with Gasteiger partial charge >= 0.3 is 6.36 Å². The molecule has 2 aromatic carbocycles. The van der Waals surface area contributed by atoms with E-state index in [0.717, 1.165) is 11.1 Å². The summed E-state index contributed by atoms with van der Waals surface area (Å²) in [5.41, 5.74) is 2.15. The fourth-order valence-corrected chi connectivity index (χ4v) is 2.51. The molecule has 0 saturated heterocycles. The number of halogens is 1. The maximum absolute atomic E-state index is 14.5. The Balaban J connectivity index is 2.33.